The Hall–Kier alpha value is -1.46. The molecule has 1 saturated heterocycles. The molecule has 1 heterocycles. The topological polar surface area (TPSA) is 38.8 Å². The van der Waals surface area contributed by atoms with Crippen molar-refractivity contribution in [3.63, 3.8) is 0 Å². The van der Waals surface area contributed by atoms with Crippen LogP contribution < -0.4 is 4.74 Å². The SMILES string of the molecule is CC(=O)Oc1cc(CN2CCOCC2)ccc1F. The Kier molecular flexibility index (Phi) is 4.28. The average Bonchev–Trinajstić information content (AvgIpc) is 2.34. The van der Waals surface area contributed by atoms with E-state index in [1.165, 1.54) is 13.0 Å². The van der Waals surface area contributed by atoms with Gasteiger partial charge in [0, 0.05) is 26.6 Å². The number of halogens is 1. The Morgan fingerprint density at radius 1 is 1.44 bits per heavy atom. The van der Waals surface area contributed by atoms with E-state index in [2.05, 4.69) is 4.90 Å². The Morgan fingerprint density at radius 3 is 2.83 bits per heavy atom. The van der Waals surface area contributed by atoms with Crippen molar-refractivity contribution in [1.82, 2.24) is 4.90 Å². The van der Waals surface area contributed by atoms with Crippen LogP contribution in [0.4, 0.5) is 4.39 Å². The van der Waals surface area contributed by atoms with Crippen LogP contribution in [0.15, 0.2) is 18.2 Å². The fourth-order valence-corrected chi connectivity index (χ4v) is 1.90. The van der Waals surface area contributed by atoms with Crippen LogP contribution in [0.2, 0.25) is 0 Å². The van der Waals surface area contributed by atoms with Crippen LogP contribution in [0.25, 0.3) is 0 Å². The summed E-state index contributed by atoms with van der Waals surface area (Å²) in [4.78, 5) is 13.1. The summed E-state index contributed by atoms with van der Waals surface area (Å²) >= 11 is 0. The van der Waals surface area contributed by atoms with E-state index in [4.69, 9.17) is 9.47 Å². The van der Waals surface area contributed by atoms with Gasteiger partial charge in [-0.2, -0.15) is 0 Å². The number of ether oxygens (including phenoxy) is 2. The highest BCUT2D eigenvalue weighted by molar-refractivity contribution is 5.69. The molecular formula is C13H16FNO3. The molecule has 0 aromatic heterocycles. The highest BCUT2D eigenvalue weighted by atomic mass is 19.1. The van der Waals surface area contributed by atoms with Gasteiger partial charge in [-0.3, -0.25) is 9.69 Å². The summed E-state index contributed by atoms with van der Waals surface area (Å²) in [6.45, 7) is 5.13. The molecular weight excluding hydrogens is 237 g/mol. The zero-order valence-electron chi connectivity index (χ0n) is 10.3. The Morgan fingerprint density at radius 2 is 2.17 bits per heavy atom. The molecule has 0 aliphatic carbocycles. The van der Waals surface area contributed by atoms with Gasteiger partial charge in [-0.05, 0) is 17.7 Å². The molecule has 0 radical (unpaired) electrons. The van der Waals surface area contributed by atoms with Crippen molar-refractivity contribution >= 4 is 5.97 Å². The lowest BCUT2D eigenvalue weighted by Crippen LogP contribution is -2.35. The van der Waals surface area contributed by atoms with Crippen molar-refractivity contribution in [3.05, 3.63) is 29.6 Å². The van der Waals surface area contributed by atoms with Crippen molar-refractivity contribution in [2.75, 3.05) is 26.3 Å². The predicted octanol–water partition coefficient (Wildman–Crippen LogP) is 1.58. The van der Waals surface area contributed by atoms with Crippen LogP contribution in [0, 0.1) is 5.82 Å². The van der Waals surface area contributed by atoms with Crippen LogP contribution >= 0.6 is 0 Å². The summed E-state index contributed by atoms with van der Waals surface area (Å²) in [5.41, 5.74) is 0.926. The van der Waals surface area contributed by atoms with Gasteiger partial charge in [-0.1, -0.05) is 6.07 Å². The molecule has 4 nitrogen and oxygen atoms in total. The third-order valence-electron chi connectivity index (χ3n) is 2.76. The van der Waals surface area contributed by atoms with Crippen LogP contribution in [0.5, 0.6) is 5.75 Å². The van der Waals surface area contributed by atoms with Crippen molar-refractivity contribution in [2.45, 2.75) is 13.5 Å². The van der Waals surface area contributed by atoms with E-state index in [1.54, 1.807) is 12.1 Å². The van der Waals surface area contributed by atoms with E-state index in [1.807, 2.05) is 0 Å². The maximum absolute atomic E-state index is 13.4. The number of rotatable bonds is 3. The minimum atomic E-state index is -0.518. The first-order valence-corrected chi connectivity index (χ1v) is 5.92. The van der Waals surface area contributed by atoms with Gasteiger partial charge in [-0.25, -0.2) is 4.39 Å². The monoisotopic (exact) mass is 253 g/mol. The maximum Gasteiger partial charge on any atom is 0.308 e. The maximum atomic E-state index is 13.4. The smallest absolute Gasteiger partial charge is 0.308 e. The molecule has 0 spiro atoms. The lowest BCUT2D eigenvalue weighted by atomic mass is 10.2. The van der Waals surface area contributed by atoms with Crippen molar-refractivity contribution in [1.29, 1.82) is 0 Å². The molecule has 1 aromatic rings. The van der Waals surface area contributed by atoms with Gasteiger partial charge < -0.3 is 9.47 Å². The number of carbonyl (C=O) groups excluding carboxylic acids is 1. The largest absolute Gasteiger partial charge is 0.424 e. The van der Waals surface area contributed by atoms with E-state index >= 15 is 0 Å². The molecule has 1 fully saturated rings. The minimum Gasteiger partial charge on any atom is -0.424 e. The molecule has 0 bridgehead atoms. The number of hydrogen-bond donors (Lipinski definition) is 0. The molecule has 1 aromatic carbocycles. The summed E-state index contributed by atoms with van der Waals surface area (Å²) in [5, 5.41) is 0. The van der Waals surface area contributed by atoms with E-state index in [9.17, 15) is 9.18 Å². The van der Waals surface area contributed by atoms with Crippen LogP contribution in [-0.2, 0) is 16.1 Å². The second kappa shape index (κ2) is 5.93. The van der Waals surface area contributed by atoms with E-state index in [-0.39, 0.29) is 5.75 Å². The molecule has 0 unspecified atom stereocenters. The molecule has 1 aliphatic heterocycles. The Labute approximate surface area is 105 Å². The molecule has 2 rings (SSSR count). The predicted molar refractivity (Wildman–Crippen MR) is 63.8 cm³/mol. The highest BCUT2D eigenvalue weighted by Gasteiger charge is 2.13. The first-order chi connectivity index (χ1) is 8.65. The first kappa shape index (κ1) is 13.0. The van der Waals surface area contributed by atoms with Gasteiger partial charge in [0.25, 0.3) is 0 Å². The Balaban J connectivity index is 2.05. The van der Waals surface area contributed by atoms with Crippen LogP contribution in [0.1, 0.15) is 12.5 Å². The molecule has 0 saturated carbocycles. The number of morpholine rings is 1. The summed E-state index contributed by atoms with van der Waals surface area (Å²) in [7, 11) is 0. The van der Waals surface area contributed by atoms with E-state index in [0.29, 0.717) is 6.54 Å². The van der Waals surface area contributed by atoms with Gasteiger partial charge in [-0.15, -0.1) is 0 Å². The van der Waals surface area contributed by atoms with Crippen molar-refractivity contribution in [3.8, 4) is 5.75 Å². The van der Waals surface area contributed by atoms with Crippen LogP contribution in [-0.4, -0.2) is 37.2 Å². The number of nitrogens with zero attached hydrogens (tertiary/aromatic N) is 1. The quantitative estimate of drug-likeness (QED) is 0.605. The van der Waals surface area contributed by atoms with Gasteiger partial charge in [0.1, 0.15) is 0 Å². The highest BCUT2D eigenvalue weighted by Crippen LogP contribution is 2.20. The second-order valence-electron chi connectivity index (χ2n) is 4.25. The van der Waals surface area contributed by atoms with Gasteiger partial charge in [0.05, 0.1) is 13.2 Å². The standard InChI is InChI=1S/C13H16FNO3/c1-10(16)18-13-8-11(2-3-12(13)14)9-15-4-6-17-7-5-15/h2-3,8H,4-7,9H2,1H3. The zero-order valence-corrected chi connectivity index (χ0v) is 10.3. The number of benzene rings is 1. The van der Waals surface area contributed by atoms with Gasteiger partial charge in [0.15, 0.2) is 11.6 Å². The van der Waals surface area contributed by atoms with Crippen molar-refractivity contribution < 1.29 is 18.7 Å². The zero-order chi connectivity index (χ0) is 13.0. The fourth-order valence-electron chi connectivity index (χ4n) is 1.90. The fraction of sp³-hybridized carbons (Fsp3) is 0.462. The van der Waals surface area contributed by atoms with E-state index in [0.717, 1.165) is 31.9 Å². The molecule has 5 heteroatoms. The van der Waals surface area contributed by atoms with Crippen molar-refractivity contribution in [2.24, 2.45) is 0 Å². The third kappa shape index (κ3) is 3.51. The lowest BCUT2D eigenvalue weighted by Gasteiger charge is -2.26. The van der Waals surface area contributed by atoms with E-state index < -0.39 is 11.8 Å². The Bertz CT molecular complexity index is 430. The summed E-state index contributed by atoms with van der Waals surface area (Å²) in [5.74, 6) is -1.04. The molecule has 98 valence electrons. The lowest BCUT2D eigenvalue weighted by molar-refractivity contribution is -0.132. The molecule has 0 amide bonds. The minimum absolute atomic E-state index is 0.00624. The first-order valence-electron chi connectivity index (χ1n) is 5.92. The molecule has 0 atom stereocenters. The molecule has 1 aliphatic rings. The number of hydrogen-bond acceptors (Lipinski definition) is 4. The van der Waals surface area contributed by atoms with Gasteiger partial charge >= 0.3 is 5.97 Å². The number of esters is 1. The summed E-state index contributed by atoms with van der Waals surface area (Å²) in [6.07, 6.45) is 0. The normalized spacial score (nSPS) is 16.6. The number of carbonyl (C=O) groups is 1. The average molecular weight is 253 g/mol. The summed E-state index contributed by atoms with van der Waals surface area (Å²) < 4.78 is 23.5. The second-order valence-corrected chi connectivity index (χ2v) is 4.25. The molecule has 0 N–H and O–H groups in total. The third-order valence-corrected chi connectivity index (χ3v) is 2.76. The molecule has 18 heavy (non-hydrogen) atoms. The van der Waals surface area contributed by atoms with Gasteiger partial charge in [0.2, 0.25) is 0 Å². The van der Waals surface area contributed by atoms with Crippen LogP contribution in [0.3, 0.4) is 0 Å². The summed E-state index contributed by atoms with van der Waals surface area (Å²) in [6, 6.07) is 4.61.